The Bertz CT molecular complexity index is 832. The standard InChI is InChI=1S/C18H20BrNO4S/c1-12(14-4-10-17(11-5-14)25(3,22)23)20-18(21)13(2)24-16-8-6-15(19)7-9-16/h4-13H,1-3H3,(H,20,21). The number of carbonyl (C=O) groups is 1. The van der Waals surface area contributed by atoms with Crippen LogP contribution >= 0.6 is 15.9 Å². The fraction of sp³-hybridized carbons (Fsp3) is 0.278. The molecule has 5 nitrogen and oxygen atoms in total. The molecule has 7 heteroatoms. The average Bonchev–Trinajstić information content (AvgIpc) is 2.56. The van der Waals surface area contributed by atoms with Gasteiger partial charge in [0.25, 0.3) is 5.91 Å². The van der Waals surface area contributed by atoms with Gasteiger partial charge in [-0.2, -0.15) is 0 Å². The molecule has 0 aromatic heterocycles. The maximum Gasteiger partial charge on any atom is 0.261 e. The monoisotopic (exact) mass is 425 g/mol. The highest BCUT2D eigenvalue weighted by Crippen LogP contribution is 2.19. The number of benzene rings is 2. The van der Waals surface area contributed by atoms with Crippen molar-refractivity contribution in [3.63, 3.8) is 0 Å². The lowest BCUT2D eigenvalue weighted by Crippen LogP contribution is -2.37. The van der Waals surface area contributed by atoms with Gasteiger partial charge in [0, 0.05) is 10.7 Å². The number of rotatable bonds is 6. The zero-order valence-corrected chi connectivity index (χ0v) is 16.6. The molecular weight excluding hydrogens is 406 g/mol. The van der Waals surface area contributed by atoms with Crippen molar-refractivity contribution in [2.24, 2.45) is 0 Å². The summed E-state index contributed by atoms with van der Waals surface area (Å²) < 4.78 is 29.5. The molecule has 0 fully saturated rings. The molecule has 0 radical (unpaired) electrons. The normalized spacial score (nSPS) is 13.8. The van der Waals surface area contributed by atoms with Gasteiger partial charge in [-0.05, 0) is 55.8 Å². The van der Waals surface area contributed by atoms with Crippen LogP contribution in [0.2, 0.25) is 0 Å². The van der Waals surface area contributed by atoms with Crippen molar-refractivity contribution in [3.8, 4) is 5.75 Å². The van der Waals surface area contributed by atoms with Crippen LogP contribution in [0.4, 0.5) is 0 Å². The first-order valence-electron chi connectivity index (χ1n) is 7.69. The molecule has 1 N–H and O–H groups in total. The van der Waals surface area contributed by atoms with E-state index in [4.69, 9.17) is 4.74 Å². The van der Waals surface area contributed by atoms with Crippen LogP contribution in [0.15, 0.2) is 57.9 Å². The predicted molar refractivity (Wildman–Crippen MR) is 100 cm³/mol. The summed E-state index contributed by atoms with van der Waals surface area (Å²) >= 11 is 3.34. The van der Waals surface area contributed by atoms with Gasteiger partial charge in [-0.1, -0.05) is 28.1 Å². The minimum atomic E-state index is -3.23. The zero-order valence-electron chi connectivity index (χ0n) is 14.2. The molecule has 0 spiro atoms. The highest BCUT2D eigenvalue weighted by Gasteiger charge is 2.18. The number of hydrogen-bond acceptors (Lipinski definition) is 4. The summed E-state index contributed by atoms with van der Waals surface area (Å²) in [4.78, 5) is 12.5. The first-order valence-corrected chi connectivity index (χ1v) is 10.4. The van der Waals surface area contributed by atoms with E-state index in [0.29, 0.717) is 5.75 Å². The minimum absolute atomic E-state index is 0.248. The van der Waals surface area contributed by atoms with E-state index >= 15 is 0 Å². The number of amides is 1. The molecule has 2 aromatic carbocycles. The van der Waals surface area contributed by atoms with Gasteiger partial charge in [0.15, 0.2) is 15.9 Å². The number of ether oxygens (including phenoxy) is 1. The third kappa shape index (κ3) is 5.57. The Kier molecular flexibility index (Phi) is 6.24. The summed E-state index contributed by atoms with van der Waals surface area (Å²) in [6.45, 7) is 3.51. The molecule has 0 heterocycles. The zero-order chi connectivity index (χ0) is 18.6. The number of sulfone groups is 1. The number of carbonyl (C=O) groups excluding carboxylic acids is 1. The van der Waals surface area contributed by atoms with Crippen molar-refractivity contribution in [1.82, 2.24) is 5.32 Å². The summed E-state index contributed by atoms with van der Waals surface area (Å²) in [7, 11) is -3.23. The van der Waals surface area contributed by atoms with E-state index in [0.717, 1.165) is 16.3 Å². The average molecular weight is 426 g/mol. The highest BCUT2D eigenvalue weighted by molar-refractivity contribution is 9.10. The van der Waals surface area contributed by atoms with E-state index in [1.54, 1.807) is 31.2 Å². The second-order valence-corrected chi connectivity index (χ2v) is 8.72. The van der Waals surface area contributed by atoms with Crippen molar-refractivity contribution in [3.05, 3.63) is 58.6 Å². The van der Waals surface area contributed by atoms with Crippen molar-refractivity contribution in [2.45, 2.75) is 30.9 Å². The predicted octanol–water partition coefficient (Wildman–Crippen LogP) is 3.50. The van der Waals surface area contributed by atoms with Crippen LogP contribution in [-0.2, 0) is 14.6 Å². The second kappa shape index (κ2) is 8.01. The second-order valence-electron chi connectivity index (χ2n) is 5.79. The molecule has 0 saturated carbocycles. The van der Waals surface area contributed by atoms with Crippen molar-refractivity contribution >= 4 is 31.7 Å². The SMILES string of the molecule is CC(Oc1ccc(Br)cc1)C(=O)NC(C)c1ccc(S(C)(=O)=O)cc1. The molecule has 2 unspecified atom stereocenters. The lowest BCUT2D eigenvalue weighted by atomic mass is 10.1. The van der Waals surface area contributed by atoms with Gasteiger partial charge in [-0.3, -0.25) is 4.79 Å². The van der Waals surface area contributed by atoms with Gasteiger partial charge in [0.05, 0.1) is 10.9 Å². The molecular formula is C18H20BrNO4S. The summed E-state index contributed by atoms with van der Waals surface area (Å²) in [6, 6.07) is 13.4. The quantitative estimate of drug-likeness (QED) is 0.768. The lowest BCUT2D eigenvalue weighted by Gasteiger charge is -2.19. The van der Waals surface area contributed by atoms with Gasteiger partial charge in [-0.25, -0.2) is 8.42 Å². The van der Waals surface area contributed by atoms with E-state index in [1.165, 1.54) is 12.1 Å². The number of nitrogens with one attached hydrogen (secondary N) is 1. The van der Waals surface area contributed by atoms with Crippen LogP contribution in [0.1, 0.15) is 25.5 Å². The van der Waals surface area contributed by atoms with Gasteiger partial charge < -0.3 is 10.1 Å². The number of halogens is 1. The molecule has 0 aliphatic heterocycles. The van der Waals surface area contributed by atoms with Crippen LogP contribution in [0, 0.1) is 0 Å². The van der Waals surface area contributed by atoms with Gasteiger partial charge in [0.1, 0.15) is 5.75 Å². The van der Waals surface area contributed by atoms with E-state index < -0.39 is 15.9 Å². The van der Waals surface area contributed by atoms with Gasteiger partial charge >= 0.3 is 0 Å². The molecule has 0 bridgehead atoms. The van der Waals surface area contributed by atoms with Gasteiger partial charge in [-0.15, -0.1) is 0 Å². The van der Waals surface area contributed by atoms with Crippen LogP contribution in [0.25, 0.3) is 0 Å². The third-order valence-corrected chi connectivity index (χ3v) is 5.32. The van der Waals surface area contributed by atoms with Gasteiger partial charge in [0.2, 0.25) is 0 Å². The summed E-state index contributed by atoms with van der Waals surface area (Å²) in [5.74, 6) is 0.360. The van der Waals surface area contributed by atoms with E-state index in [9.17, 15) is 13.2 Å². The van der Waals surface area contributed by atoms with E-state index in [2.05, 4.69) is 21.2 Å². The Labute approximate surface area is 156 Å². The van der Waals surface area contributed by atoms with Crippen molar-refractivity contribution in [2.75, 3.05) is 6.26 Å². The Morgan fingerprint density at radius 2 is 1.60 bits per heavy atom. The van der Waals surface area contributed by atoms with E-state index in [1.807, 2.05) is 19.1 Å². The van der Waals surface area contributed by atoms with Crippen LogP contribution in [0.3, 0.4) is 0 Å². The third-order valence-electron chi connectivity index (χ3n) is 3.66. The molecule has 1 amide bonds. The van der Waals surface area contributed by atoms with Crippen molar-refractivity contribution in [1.29, 1.82) is 0 Å². The molecule has 134 valence electrons. The van der Waals surface area contributed by atoms with Crippen molar-refractivity contribution < 1.29 is 17.9 Å². The van der Waals surface area contributed by atoms with Crippen LogP contribution < -0.4 is 10.1 Å². The Hall–Kier alpha value is -1.86. The van der Waals surface area contributed by atoms with Crippen LogP contribution in [0.5, 0.6) is 5.75 Å². The van der Waals surface area contributed by atoms with E-state index in [-0.39, 0.29) is 16.8 Å². The summed E-state index contributed by atoms with van der Waals surface area (Å²) in [5, 5.41) is 2.86. The molecule has 0 aliphatic rings. The molecule has 2 aromatic rings. The largest absolute Gasteiger partial charge is 0.481 e. The Morgan fingerprint density at radius 1 is 1.04 bits per heavy atom. The fourth-order valence-corrected chi connectivity index (χ4v) is 3.08. The maximum atomic E-state index is 12.3. The lowest BCUT2D eigenvalue weighted by molar-refractivity contribution is -0.127. The molecule has 0 saturated heterocycles. The fourth-order valence-electron chi connectivity index (χ4n) is 2.19. The maximum absolute atomic E-state index is 12.3. The topological polar surface area (TPSA) is 72.5 Å². The molecule has 2 rings (SSSR count). The number of hydrogen-bond donors (Lipinski definition) is 1. The first-order chi connectivity index (χ1) is 11.7. The van der Waals surface area contributed by atoms with Crippen LogP contribution in [-0.4, -0.2) is 26.7 Å². The molecule has 2 atom stereocenters. The Balaban J connectivity index is 1.97. The minimum Gasteiger partial charge on any atom is -0.481 e. The Morgan fingerprint density at radius 3 is 2.12 bits per heavy atom. The summed E-state index contributed by atoms with van der Waals surface area (Å²) in [6.07, 6.45) is 0.507. The summed E-state index contributed by atoms with van der Waals surface area (Å²) in [5.41, 5.74) is 0.816. The molecule has 0 aliphatic carbocycles. The smallest absolute Gasteiger partial charge is 0.261 e. The highest BCUT2D eigenvalue weighted by atomic mass is 79.9. The first kappa shape index (κ1) is 19.5. The molecule has 25 heavy (non-hydrogen) atoms.